The zero-order valence-electron chi connectivity index (χ0n) is 24.2. The fourth-order valence-corrected chi connectivity index (χ4v) is 3.57. The maximum atomic E-state index is 12.5. The number of nitrogens with zero attached hydrogens (tertiary/aromatic N) is 1. The lowest BCUT2D eigenvalue weighted by Gasteiger charge is -2.26. The molecule has 214 valence electrons. The highest BCUT2D eigenvalue weighted by Crippen LogP contribution is 2.21. The maximum absolute atomic E-state index is 12.5. The molecule has 0 saturated heterocycles. The second kappa shape index (κ2) is 20.9. The van der Waals surface area contributed by atoms with Gasteiger partial charge in [0.1, 0.15) is 5.75 Å². The minimum atomic E-state index is -1.04. The average molecular weight is 555 g/mol. The molecule has 6 heteroatoms. The van der Waals surface area contributed by atoms with Gasteiger partial charge in [0, 0.05) is 31.6 Å². The molecule has 0 fully saturated rings. The highest BCUT2D eigenvalue weighted by atomic mass is 35.5. The summed E-state index contributed by atoms with van der Waals surface area (Å²) in [5.41, 5.74) is -1.04. The van der Waals surface area contributed by atoms with Gasteiger partial charge < -0.3 is 15.0 Å². The van der Waals surface area contributed by atoms with Gasteiger partial charge in [-0.2, -0.15) is 0 Å². The number of hydrogen-bond acceptors (Lipinski definition) is 3. The third-order valence-corrected chi connectivity index (χ3v) is 6.06. The predicted molar refractivity (Wildman–Crippen MR) is 165 cm³/mol. The first-order chi connectivity index (χ1) is 18.8. The van der Waals surface area contributed by atoms with Crippen LogP contribution in [0, 0.1) is 0 Å². The summed E-state index contributed by atoms with van der Waals surface area (Å²) in [6.07, 6.45) is 28.9. The first kappa shape index (κ1) is 34.0. The summed E-state index contributed by atoms with van der Waals surface area (Å²) in [6.45, 7) is 6.38. The van der Waals surface area contributed by atoms with Gasteiger partial charge in [-0.15, -0.1) is 0 Å². The van der Waals surface area contributed by atoms with Crippen LogP contribution in [0.4, 0.5) is 0 Å². The highest BCUT2D eigenvalue weighted by molar-refractivity contribution is 6.30. The van der Waals surface area contributed by atoms with E-state index in [1.54, 1.807) is 50.1 Å². The van der Waals surface area contributed by atoms with Gasteiger partial charge in [-0.25, -0.2) is 0 Å². The summed E-state index contributed by atoms with van der Waals surface area (Å²) in [7, 11) is 1.76. The van der Waals surface area contributed by atoms with Crippen LogP contribution in [0.25, 0.3) is 0 Å². The Morgan fingerprint density at radius 3 is 1.92 bits per heavy atom. The number of hydrogen-bond donors (Lipinski definition) is 1. The number of amides is 2. The SMILES string of the molecule is CCC=CCC=CCC=CCC=CCC=CCCCC(=O)N(C)CCNC(=O)C(C)(C)Oc1ccc(Cl)cc1. The van der Waals surface area contributed by atoms with Crippen molar-refractivity contribution in [1.82, 2.24) is 10.2 Å². The van der Waals surface area contributed by atoms with Gasteiger partial charge in [-0.3, -0.25) is 9.59 Å². The number of likely N-dealkylation sites (N-methyl/N-ethyl adjacent to an activating group) is 1. The van der Waals surface area contributed by atoms with E-state index in [1.807, 2.05) is 0 Å². The van der Waals surface area contributed by atoms with Crippen molar-refractivity contribution in [2.24, 2.45) is 0 Å². The third kappa shape index (κ3) is 17.2. The molecule has 1 rings (SSSR count). The predicted octanol–water partition coefficient (Wildman–Crippen LogP) is 7.99. The fourth-order valence-electron chi connectivity index (χ4n) is 3.45. The summed E-state index contributed by atoms with van der Waals surface area (Å²) >= 11 is 5.89. The molecular formula is C33H47ClN2O3. The second-order valence-electron chi connectivity index (χ2n) is 9.74. The number of carbonyl (C=O) groups excluding carboxylic acids is 2. The van der Waals surface area contributed by atoms with Crippen molar-refractivity contribution in [2.75, 3.05) is 20.1 Å². The van der Waals surface area contributed by atoms with E-state index in [0.717, 1.165) is 44.9 Å². The monoisotopic (exact) mass is 554 g/mol. The van der Waals surface area contributed by atoms with Crippen molar-refractivity contribution in [1.29, 1.82) is 0 Å². The molecule has 2 amide bonds. The maximum Gasteiger partial charge on any atom is 0.263 e. The number of rotatable bonds is 19. The third-order valence-electron chi connectivity index (χ3n) is 5.81. The molecule has 1 N–H and O–H groups in total. The molecule has 0 saturated carbocycles. The molecule has 0 aromatic heterocycles. The summed E-state index contributed by atoms with van der Waals surface area (Å²) < 4.78 is 5.80. The normalized spacial score (nSPS) is 12.4. The molecule has 0 aliphatic rings. The van der Waals surface area contributed by atoms with E-state index in [-0.39, 0.29) is 11.8 Å². The van der Waals surface area contributed by atoms with Crippen molar-refractivity contribution < 1.29 is 14.3 Å². The summed E-state index contributed by atoms with van der Waals surface area (Å²) in [4.78, 5) is 26.6. The Bertz CT molecular complexity index is 975. The van der Waals surface area contributed by atoms with Crippen LogP contribution in [0.3, 0.4) is 0 Å². The van der Waals surface area contributed by atoms with E-state index < -0.39 is 5.60 Å². The second-order valence-corrected chi connectivity index (χ2v) is 10.2. The Morgan fingerprint density at radius 1 is 0.872 bits per heavy atom. The minimum Gasteiger partial charge on any atom is -0.478 e. The highest BCUT2D eigenvalue weighted by Gasteiger charge is 2.29. The van der Waals surface area contributed by atoms with Gasteiger partial charge in [0.15, 0.2) is 5.60 Å². The Balaban J connectivity index is 2.12. The molecule has 0 bridgehead atoms. The van der Waals surface area contributed by atoms with Crippen LogP contribution in [0.1, 0.15) is 72.1 Å². The van der Waals surface area contributed by atoms with Crippen molar-refractivity contribution in [2.45, 2.75) is 77.7 Å². The van der Waals surface area contributed by atoms with Crippen LogP contribution < -0.4 is 10.1 Å². The Labute approximate surface area is 241 Å². The summed E-state index contributed by atoms with van der Waals surface area (Å²) in [5.74, 6) is 0.407. The van der Waals surface area contributed by atoms with Crippen molar-refractivity contribution in [3.63, 3.8) is 0 Å². The molecule has 0 spiro atoms. The molecule has 0 atom stereocenters. The van der Waals surface area contributed by atoms with E-state index in [2.05, 4.69) is 73.0 Å². The molecule has 0 radical (unpaired) electrons. The minimum absolute atomic E-state index is 0.0771. The van der Waals surface area contributed by atoms with Gasteiger partial charge in [-0.1, -0.05) is 79.3 Å². The van der Waals surface area contributed by atoms with Gasteiger partial charge in [0.2, 0.25) is 5.91 Å². The molecule has 1 aromatic carbocycles. The van der Waals surface area contributed by atoms with E-state index in [9.17, 15) is 9.59 Å². The smallest absolute Gasteiger partial charge is 0.263 e. The van der Waals surface area contributed by atoms with Crippen molar-refractivity contribution in [3.05, 3.63) is 90.0 Å². The van der Waals surface area contributed by atoms with Gasteiger partial charge in [-0.05, 0) is 83.1 Å². The van der Waals surface area contributed by atoms with Crippen molar-refractivity contribution in [3.8, 4) is 5.75 Å². The lowest BCUT2D eigenvalue weighted by molar-refractivity contribution is -0.135. The standard InChI is InChI=1S/C33H47ClN2O3/c1-5-6-7-8-9-10-11-12-13-14-15-16-17-18-19-20-21-22-31(37)36(4)28-27-35-32(38)33(2,3)39-30-25-23-29(34)24-26-30/h6-7,9-10,12-13,15-16,18-19,23-26H,5,8,11,14,17,20-22,27-28H2,1-4H3,(H,35,38). The summed E-state index contributed by atoms with van der Waals surface area (Å²) in [5, 5.41) is 3.46. The first-order valence-electron chi connectivity index (χ1n) is 14.0. The van der Waals surface area contributed by atoms with E-state index in [0.29, 0.717) is 30.3 Å². The Kier molecular flexibility index (Phi) is 18.2. The van der Waals surface area contributed by atoms with E-state index in [1.165, 1.54) is 0 Å². The van der Waals surface area contributed by atoms with E-state index >= 15 is 0 Å². The number of halogens is 1. The average Bonchev–Trinajstić information content (AvgIpc) is 2.91. The van der Waals surface area contributed by atoms with Gasteiger partial charge in [0.05, 0.1) is 0 Å². The molecule has 5 nitrogen and oxygen atoms in total. The Morgan fingerprint density at radius 2 is 1.38 bits per heavy atom. The van der Waals surface area contributed by atoms with Crippen LogP contribution in [-0.4, -0.2) is 42.5 Å². The van der Waals surface area contributed by atoms with Crippen molar-refractivity contribution >= 4 is 23.4 Å². The van der Waals surface area contributed by atoms with Gasteiger partial charge >= 0.3 is 0 Å². The van der Waals surface area contributed by atoms with Gasteiger partial charge in [0.25, 0.3) is 5.91 Å². The lowest BCUT2D eigenvalue weighted by atomic mass is 10.1. The molecule has 39 heavy (non-hydrogen) atoms. The summed E-state index contributed by atoms with van der Waals surface area (Å²) in [6, 6.07) is 6.88. The number of ether oxygens (including phenoxy) is 1. The molecule has 0 aliphatic heterocycles. The fraction of sp³-hybridized carbons (Fsp3) is 0.455. The molecular weight excluding hydrogens is 508 g/mol. The molecule has 0 aliphatic carbocycles. The zero-order chi connectivity index (χ0) is 28.8. The molecule has 0 unspecified atom stereocenters. The lowest BCUT2D eigenvalue weighted by Crippen LogP contribution is -2.48. The van der Waals surface area contributed by atoms with E-state index in [4.69, 9.17) is 16.3 Å². The molecule has 0 heterocycles. The van der Waals surface area contributed by atoms with Crippen LogP contribution in [0.5, 0.6) is 5.75 Å². The topological polar surface area (TPSA) is 58.6 Å². The Hall–Kier alpha value is -3.05. The van der Waals surface area contributed by atoms with Crippen LogP contribution in [0.2, 0.25) is 5.02 Å². The number of nitrogens with one attached hydrogen (secondary N) is 1. The largest absolute Gasteiger partial charge is 0.478 e. The number of benzene rings is 1. The zero-order valence-corrected chi connectivity index (χ0v) is 25.0. The first-order valence-corrected chi connectivity index (χ1v) is 14.4. The quantitative estimate of drug-likeness (QED) is 0.139. The number of carbonyl (C=O) groups is 2. The number of unbranched alkanes of at least 4 members (excludes halogenated alkanes) is 1. The van der Waals surface area contributed by atoms with Crippen LogP contribution in [0.15, 0.2) is 85.0 Å². The number of allylic oxidation sites excluding steroid dienone is 10. The van der Waals surface area contributed by atoms with Crippen LogP contribution >= 0.6 is 11.6 Å². The molecule has 1 aromatic rings. The van der Waals surface area contributed by atoms with Crippen LogP contribution in [-0.2, 0) is 9.59 Å².